The lowest BCUT2D eigenvalue weighted by molar-refractivity contribution is 0.280. The summed E-state index contributed by atoms with van der Waals surface area (Å²) >= 11 is 9.31. The van der Waals surface area contributed by atoms with Crippen LogP contribution in [0.15, 0.2) is 22.8 Å². The Kier molecular flexibility index (Phi) is 6.47. The molecule has 2 aromatic rings. The highest BCUT2D eigenvalue weighted by Crippen LogP contribution is 2.30. The second-order valence-corrected chi connectivity index (χ2v) is 7.58. The first kappa shape index (κ1) is 19.8. The number of aliphatic hydroxyl groups is 1. The molecule has 9 heteroatoms. The standard InChI is InChI=1S/C18H18BrClFN5O/c19-16-11(9-27)5-12(6-14(16)21)24-18-23-8-13(20)17(26-18)25-15-4-2-1-3-10(15)7-22/h5-6,8,10,15,27H,1-4,9H2,(H2,23,24,25,26)/t10-,15?/m1/s1. The van der Waals surface area contributed by atoms with Crippen LogP contribution in [0.1, 0.15) is 31.2 Å². The number of hydrogen-bond acceptors (Lipinski definition) is 6. The molecule has 1 heterocycles. The van der Waals surface area contributed by atoms with Gasteiger partial charge in [0.2, 0.25) is 5.95 Å². The molecule has 1 aromatic carbocycles. The Hall–Kier alpha value is -1.95. The molecule has 27 heavy (non-hydrogen) atoms. The van der Waals surface area contributed by atoms with Crippen molar-refractivity contribution in [1.29, 1.82) is 5.26 Å². The molecule has 6 nitrogen and oxygen atoms in total. The third-order valence-electron chi connectivity index (χ3n) is 4.53. The minimum atomic E-state index is -0.504. The average Bonchev–Trinajstić information content (AvgIpc) is 2.67. The molecule has 0 amide bonds. The monoisotopic (exact) mass is 453 g/mol. The van der Waals surface area contributed by atoms with Gasteiger partial charge in [0.15, 0.2) is 5.82 Å². The molecule has 0 saturated heterocycles. The van der Waals surface area contributed by atoms with E-state index < -0.39 is 5.82 Å². The van der Waals surface area contributed by atoms with Crippen molar-refractivity contribution in [2.75, 3.05) is 10.6 Å². The van der Waals surface area contributed by atoms with Crippen molar-refractivity contribution in [3.8, 4) is 6.07 Å². The second kappa shape index (κ2) is 8.83. The smallest absolute Gasteiger partial charge is 0.229 e. The number of nitriles is 1. The topological polar surface area (TPSA) is 93.9 Å². The summed E-state index contributed by atoms with van der Waals surface area (Å²) < 4.78 is 14.2. The number of rotatable bonds is 5. The van der Waals surface area contributed by atoms with E-state index in [1.807, 2.05) is 0 Å². The Morgan fingerprint density at radius 1 is 1.37 bits per heavy atom. The van der Waals surface area contributed by atoms with Crippen molar-refractivity contribution in [3.05, 3.63) is 39.2 Å². The first-order chi connectivity index (χ1) is 13.0. The molecule has 3 rings (SSSR count). The maximum Gasteiger partial charge on any atom is 0.229 e. The molecule has 142 valence electrons. The van der Waals surface area contributed by atoms with Crippen molar-refractivity contribution in [2.45, 2.75) is 38.3 Å². The van der Waals surface area contributed by atoms with Gasteiger partial charge in [0, 0.05) is 11.7 Å². The van der Waals surface area contributed by atoms with Gasteiger partial charge in [-0.25, -0.2) is 9.37 Å². The van der Waals surface area contributed by atoms with Gasteiger partial charge >= 0.3 is 0 Å². The van der Waals surface area contributed by atoms with Gasteiger partial charge in [-0.05, 0) is 46.5 Å². The van der Waals surface area contributed by atoms with E-state index in [0.29, 0.717) is 22.1 Å². The summed E-state index contributed by atoms with van der Waals surface area (Å²) in [5.74, 6) is 0.0717. The summed E-state index contributed by atoms with van der Waals surface area (Å²) in [6, 6.07) is 5.20. The summed E-state index contributed by atoms with van der Waals surface area (Å²) in [7, 11) is 0. The average molecular weight is 455 g/mol. The molecule has 0 bridgehead atoms. The fraction of sp³-hybridized carbons (Fsp3) is 0.389. The highest BCUT2D eigenvalue weighted by Gasteiger charge is 2.26. The summed E-state index contributed by atoms with van der Waals surface area (Å²) in [5, 5.41) is 25.2. The Bertz CT molecular complexity index is 876. The van der Waals surface area contributed by atoms with Crippen molar-refractivity contribution >= 4 is 45.0 Å². The van der Waals surface area contributed by atoms with Crippen molar-refractivity contribution < 1.29 is 9.50 Å². The molecule has 0 radical (unpaired) electrons. The van der Waals surface area contributed by atoms with Crippen LogP contribution in [-0.4, -0.2) is 21.1 Å². The zero-order valence-electron chi connectivity index (χ0n) is 14.3. The number of aliphatic hydroxyl groups excluding tert-OH is 1. The minimum absolute atomic E-state index is 0.0184. The minimum Gasteiger partial charge on any atom is -0.392 e. The van der Waals surface area contributed by atoms with Gasteiger partial charge in [-0.3, -0.25) is 0 Å². The highest BCUT2D eigenvalue weighted by atomic mass is 79.9. The van der Waals surface area contributed by atoms with Crippen LogP contribution < -0.4 is 10.6 Å². The summed E-state index contributed by atoms with van der Waals surface area (Å²) in [5.41, 5.74) is 0.810. The van der Waals surface area contributed by atoms with E-state index in [1.54, 1.807) is 6.07 Å². The van der Waals surface area contributed by atoms with E-state index in [2.05, 4.69) is 42.6 Å². The molecule has 1 aliphatic carbocycles. The largest absolute Gasteiger partial charge is 0.392 e. The van der Waals surface area contributed by atoms with Crippen LogP contribution in [0.5, 0.6) is 0 Å². The summed E-state index contributed by atoms with van der Waals surface area (Å²) in [6.45, 7) is -0.307. The molecule has 1 aliphatic rings. The van der Waals surface area contributed by atoms with E-state index >= 15 is 0 Å². The third kappa shape index (κ3) is 4.67. The molecule has 2 atom stereocenters. The first-order valence-corrected chi connectivity index (χ1v) is 9.73. The highest BCUT2D eigenvalue weighted by molar-refractivity contribution is 9.10. The quantitative estimate of drug-likeness (QED) is 0.603. The van der Waals surface area contributed by atoms with Gasteiger partial charge in [-0.2, -0.15) is 10.2 Å². The van der Waals surface area contributed by atoms with Crippen molar-refractivity contribution in [3.63, 3.8) is 0 Å². The van der Waals surface area contributed by atoms with Gasteiger partial charge in [-0.15, -0.1) is 0 Å². The van der Waals surface area contributed by atoms with Crippen LogP contribution in [0, 0.1) is 23.1 Å². The summed E-state index contributed by atoms with van der Waals surface area (Å²) in [4.78, 5) is 8.48. The number of nitrogens with one attached hydrogen (secondary N) is 2. The fourth-order valence-corrected chi connectivity index (χ4v) is 3.62. The van der Waals surface area contributed by atoms with Gasteiger partial charge in [0.25, 0.3) is 0 Å². The number of nitrogens with zero attached hydrogens (tertiary/aromatic N) is 3. The van der Waals surface area contributed by atoms with Crippen LogP contribution >= 0.6 is 27.5 Å². The Labute approximate surface area is 169 Å². The number of hydrogen-bond donors (Lipinski definition) is 3. The Morgan fingerprint density at radius 2 is 2.15 bits per heavy atom. The van der Waals surface area contributed by atoms with Gasteiger partial charge in [0.1, 0.15) is 10.8 Å². The molecule has 0 spiro atoms. The third-order valence-corrected chi connectivity index (χ3v) is 5.69. The lowest BCUT2D eigenvalue weighted by Crippen LogP contribution is -2.31. The second-order valence-electron chi connectivity index (χ2n) is 6.38. The molecule has 1 aromatic heterocycles. The van der Waals surface area contributed by atoms with E-state index in [0.717, 1.165) is 25.7 Å². The molecule has 1 unspecified atom stereocenters. The predicted molar refractivity (Wildman–Crippen MR) is 105 cm³/mol. The zero-order chi connectivity index (χ0) is 19.4. The normalized spacial score (nSPS) is 19.4. The van der Waals surface area contributed by atoms with Gasteiger partial charge in [-0.1, -0.05) is 24.4 Å². The van der Waals surface area contributed by atoms with Gasteiger partial charge < -0.3 is 15.7 Å². The maximum absolute atomic E-state index is 14.0. The SMILES string of the molecule is N#C[C@H]1CCCCC1Nc1nc(Nc2cc(F)c(Br)c(CO)c2)ncc1Cl. The van der Waals surface area contributed by atoms with Gasteiger partial charge in [0.05, 0.1) is 29.3 Å². The van der Waals surface area contributed by atoms with E-state index in [9.17, 15) is 14.8 Å². The number of halogens is 3. The molecule has 0 aliphatic heterocycles. The lowest BCUT2D eigenvalue weighted by atomic mass is 9.85. The van der Waals surface area contributed by atoms with Crippen LogP contribution in [0.2, 0.25) is 5.02 Å². The number of aromatic nitrogens is 2. The summed E-state index contributed by atoms with van der Waals surface area (Å²) in [6.07, 6.45) is 5.27. The fourth-order valence-electron chi connectivity index (χ4n) is 3.12. The molecule has 1 fully saturated rings. The Balaban J connectivity index is 1.81. The molecule has 1 saturated carbocycles. The molecular weight excluding hydrogens is 437 g/mol. The molecule has 3 N–H and O–H groups in total. The number of anilines is 3. The lowest BCUT2D eigenvalue weighted by Gasteiger charge is -2.28. The van der Waals surface area contributed by atoms with E-state index in [4.69, 9.17) is 11.6 Å². The van der Waals surface area contributed by atoms with E-state index in [-0.39, 0.29) is 29.0 Å². The maximum atomic E-state index is 14.0. The van der Waals surface area contributed by atoms with Crippen LogP contribution in [0.3, 0.4) is 0 Å². The number of benzene rings is 1. The van der Waals surface area contributed by atoms with Crippen LogP contribution in [0.25, 0.3) is 0 Å². The van der Waals surface area contributed by atoms with Crippen LogP contribution in [0.4, 0.5) is 21.8 Å². The zero-order valence-corrected chi connectivity index (χ0v) is 16.7. The van der Waals surface area contributed by atoms with Crippen molar-refractivity contribution in [2.24, 2.45) is 5.92 Å². The first-order valence-electron chi connectivity index (χ1n) is 8.56. The predicted octanol–water partition coefficient (Wildman–Crippen LogP) is 4.76. The Morgan fingerprint density at radius 3 is 2.89 bits per heavy atom. The van der Waals surface area contributed by atoms with Crippen molar-refractivity contribution in [1.82, 2.24) is 9.97 Å². The van der Waals surface area contributed by atoms with Crippen LogP contribution in [-0.2, 0) is 6.61 Å². The molecular formula is C18H18BrClFN5O. The van der Waals surface area contributed by atoms with E-state index in [1.165, 1.54) is 12.3 Å².